The van der Waals surface area contributed by atoms with E-state index in [1.807, 2.05) is 20.8 Å². The largest absolute Gasteiger partial charge is 0.460 e. The summed E-state index contributed by atoms with van der Waals surface area (Å²) < 4.78 is 21.3. The smallest absolute Gasteiger partial charge is 0.303 e. The van der Waals surface area contributed by atoms with Gasteiger partial charge in [0.15, 0.2) is 12.4 Å². The minimum Gasteiger partial charge on any atom is -0.460 e. The predicted octanol–water partition coefficient (Wildman–Crippen LogP) is 1.66. The van der Waals surface area contributed by atoms with Crippen LogP contribution in [0, 0.1) is 0 Å². The van der Waals surface area contributed by atoms with Crippen molar-refractivity contribution in [2.45, 2.75) is 78.0 Å². The molecule has 5 atom stereocenters. The number of rotatable bonds is 6. The Labute approximate surface area is 137 Å². The van der Waals surface area contributed by atoms with Crippen LogP contribution in [0.1, 0.15) is 47.5 Å². The Kier molecular flexibility index (Phi) is 10.4. The second-order valence-corrected chi connectivity index (χ2v) is 4.92. The van der Waals surface area contributed by atoms with Gasteiger partial charge in [-0.05, 0) is 6.42 Å². The van der Waals surface area contributed by atoms with E-state index in [9.17, 15) is 14.4 Å². The summed E-state index contributed by atoms with van der Waals surface area (Å²) in [5.74, 6) is -1.03. The van der Waals surface area contributed by atoms with E-state index in [2.05, 4.69) is 0 Å². The molecule has 7 nitrogen and oxygen atoms in total. The van der Waals surface area contributed by atoms with Gasteiger partial charge in [-0.2, -0.15) is 0 Å². The van der Waals surface area contributed by atoms with Crippen LogP contribution in [0.4, 0.5) is 0 Å². The summed E-state index contributed by atoms with van der Waals surface area (Å²) in [6, 6.07) is 0. The Morgan fingerprint density at radius 3 is 2.26 bits per heavy atom. The molecule has 0 aromatic heterocycles. The monoisotopic (exact) mass is 332 g/mol. The third-order valence-electron chi connectivity index (χ3n) is 3.34. The van der Waals surface area contributed by atoms with E-state index in [-0.39, 0.29) is 6.10 Å². The number of hydrogen-bond acceptors (Lipinski definition) is 7. The molecule has 4 unspecified atom stereocenters. The molecule has 0 N–H and O–H groups in total. The van der Waals surface area contributed by atoms with Crippen molar-refractivity contribution in [2.24, 2.45) is 0 Å². The molecule has 134 valence electrons. The highest BCUT2D eigenvalue weighted by Crippen LogP contribution is 2.29. The standard InChI is InChI=1S/C14H22O7.C2H6/c1-5-10-6-11(19-8(2)16)13(18-4)14(21-10)12(7-15)20-9(3)17;1-2/h7,10-14H,5-6H2,1-4H3;1-2H3/t10-,11?,12?,13?,14?;/m1./s1. The number of carbonyl (C=O) groups is 3. The van der Waals surface area contributed by atoms with E-state index in [1.54, 1.807) is 0 Å². The van der Waals surface area contributed by atoms with Gasteiger partial charge in [-0.15, -0.1) is 0 Å². The summed E-state index contributed by atoms with van der Waals surface area (Å²) in [6.45, 7) is 8.44. The van der Waals surface area contributed by atoms with Crippen LogP contribution in [0.15, 0.2) is 0 Å². The lowest BCUT2D eigenvalue weighted by atomic mass is 9.93. The highest BCUT2D eigenvalue weighted by Gasteiger charge is 2.45. The molecule has 1 aliphatic heterocycles. The minimum absolute atomic E-state index is 0.205. The number of ether oxygens (including phenoxy) is 4. The highest BCUT2D eigenvalue weighted by atomic mass is 16.6. The Balaban J connectivity index is 0.00000232. The van der Waals surface area contributed by atoms with Crippen LogP contribution in [-0.4, -0.2) is 55.9 Å². The first-order valence-corrected chi connectivity index (χ1v) is 7.90. The molecule has 0 amide bonds. The van der Waals surface area contributed by atoms with Gasteiger partial charge in [0.25, 0.3) is 0 Å². The quantitative estimate of drug-likeness (QED) is 0.540. The third-order valence-corrected chi connectivity index (χ3v) is 3.34. The summed E-state index contributed by atoms with van der Waals surface area (Å²) in [4.78, 5) is 33.5. The fourth-order valence-corrected chi connectivity index (χ4v) is 2.47. The van der Waals surface area contributed by atoms with Crippen molar-refractivity contribution < 1.29 is 33.3 Å². The molecule has 0 spiro atoms. The fourth-order valence-electron chi connectivity index (χ4n) is 2.47. The molecule has 0 bridgehead atoms. The summed E-state index contributed by atoms with van der Waals surface area (Å²) in [5, 5.41) is 0. The van der Waals surface area contributed by atoms with E-state index >= 15 is 0 Å². The molecule has 0 saturated carbocycles. The zero-order valence-corrected chi connectivity index (χ0v) is 14.7. The average molecular weight is 332 g/mol. The maximum Gasteiger partial charge on any atom is 0.303 e. The van der Waals surface area contributed by atoms with Crippen molar-refractivity contribution in [3.63, 3.8) is 0 Å². The van der Waals surface area contributed by atoms with Crippen molar-refractivity contribution in [1.29, 1.82) is 0 Å². The van der Waals surface area contributed by atoms with E-state index in [0.717, 1.165) is 0 Å². The lowest BCUT2D eigenvalue weighted by Gasteiger charge is -2.41. The normalized spacial score (nSPS) is 27.9. The van der Waals surface area contributed by atoms with Gasteiger partial charge < -0.3 is 18.9 Å². The van der Waals surface area contributed by atoms with Gasteiger partial charge in [0.2, 0.25) is 0 Å². The lowest BCUT2D eigenvalue weighted by Crippen LogP contribution is -2.56. The van der Waals surface area contributed by atoms with Crippen LogP contribution in [0.3, 0.4) is 0 Å². The van der Waals surface area contributed by atoms with Crippen molar-refractivity contribution in [1.82, 2.24) is 0 Å². The molecule has 0 aromatic rings. The average Bonchev–Trinajstić information content (AvgIpc) is 2.53. The van der Waals surface area contributed by atoms with Crippen LogP contribution in [0.5, 0.6) is 0 Å². The van der Waals surface area contributed by atoms with Gasteiger partial charge in [-0.25, -0.2) is 0 Å². The minimum atomic E-state index is -1.10. The Bertz CT molecular complexity index is 383. The number of carbonyl (C=O) groups excluding carboxylic acids is 3. The zero-order valence-electron chi connectivity index (χ0n) is 14.7. The van der Waals surface area contributed by atoms with Gasteiger partial charge >= 0.3 is 11.9 Å². The first-order valence-electron chi connectivity index (χ1n) is 7.90. The third kappa shape index (κ3) is 6.66. The number of hydrogen-bond donors (Lipinski definition) is 0. The molecule has 0 radical (unpaired) electrons. The molecule has 23 heavy (non-hydrogen) atoms. The van der Waals surface area contributed by atoms with Crippen LogP contribution in [-0.2, 0) is 33.3 Å². The van der Waals surface area contributed by atoms with Crippen molar-refractivity contribution >= 4 is 18.2 Å². The van der Waals surface area contributed by atoms with Gasteiger partial charge in [0.05, 0.1) is 6.10 Å². The van der Waals surface area contributed by atoms with E-state index in [0.29, 0.717) is 19.1 Å². The van der Waals surface area contributed by atoms with E-state index in [4.69, 9.17) is 18.9 Å². The van der Waals surface area contributed by atoms with E-state index in [1.165, 1.54) is 21.0 Å². The van der Waals surface area contributed by atoms with E-state index < -0.39 is 36.4 Å². The highest BCUT2D eigenvalue weighted by molar-refractivity contribution is 5.70. The Hall–Kier alpha value is -1.47. The van der Waals surface area contributed by atoms with Crippen LogP contribution in [0.2, 0.25) is 0 Å². The Morgan fingerprint density at radius 2 is 1.87 bits per heavy atom. The van der Waals surface area contributed by atoms with Crippen molar-refractivity contribution in [3.8, 4) is 0 Å². The van der Waals surface area contributed by atoms with Crippen LogP contribution in [0.25, 0.3) is 0 Å². The number of esters is 2. The molecular formula is C16H28O7. The Morgan fingerprint density at radius 1 is 1.26 bits per heavy atom. The maximum absolute atomic E-state index is 11.2. The first-order chi connectivity index (χ1) is 10.9. The summed E-state index contributed by atoms with van der Waals surface area (Å²) in [7, 11) is 1.43. The van der Waals surface area contributed by atoms with Gasteiger partial charge in [-0.3, -0.25) is 14.4 Å². The molecule has 0 aliphatic carbocycles. The molecule has 1 heterocycles. The predicted molar refractivity (Wildman–Crippen MR) is 82.9 cm³/mol. The summed E-state index contributed by atoms with van der Waals surface area (Å²) >= 11 is 0. The van der Waals surface area contributed by atoms with Gasteiger partial charge in [-0.1, -0.05) is 20.8 Å². The second-order valence-electron chi connectivity index (χ2n) is 4.92. The molecule has 1 saturated heterocycles. The lowest BCUT2D eigenvalue weighted by molar-refractivity contribution is -0.220. The molecule has 1 aliphatic rings. The van der Waals surface area contributed by atoms with Crippen molar-refractivity contribution in [2.75, 3.05) is 7.11 Å². The zero-order chi connectivity index (χ0) is 18.0. The maximum atomic E-state index is 11.2. The van der Waals surface area contributed by atoms with Crippen LogP contribution < -0.4 is 0 Å². The van der Waals surface area contributed by atoms with Crippen LogP contribution >= 0.6 is 0 Å². The molecule has 7 heteroatoms. The van der Waals surface area contributed by atoms with Crippen molar-refractivity contribution in [3.05, 3.63) is 0 Å². The second kappa shape index (κ2) is 11.1. The number of methoxy groups -OCH3 is 1. The van der Waals surface area contributed by atoms with Gasteiger partial charge in [0.1, 0.15) is 18.3 Å². The topological polar surface area (TPSA) is 88.1 Å². The molecule has 1 fully saturated rings. The summed E-state index contributed by atoms with van der Waals surface area (Å²) in [5.41, 5.74) is 0. The fraction of sp³-hybridized carbons (Fsp3) is 0.812. The molecule has 0 aromatic carbocycles. The SMILES string of the molecule is CC.CC[C@@H]1CC(OC(C)=O)C(OC)C(C(C=O)OC(C)=O)O1. The molecule has 1 rings (SSSR count). The summed E-state index contributed by atoms with van der Waals surface area (Å²) in [6.07, 6.45) is -1.68. The van der Waals surface area contributed by atoms with Gasteiger partial charge in [0, 0.05) is 27.4 Å². The number of aldehydes is 1. The molecular weight excluding hydrogens is 304 g/mol. The first kappa shape index (κ1) is 21.5.